The average molecular weight is 286 g/mol. The van der Waals surface area contributed by atoms with Gasteiger partial charge in [-0.1, -0.05) is 12.1 Å². The van der Waals surface area contributed by atoms with E-state index in [1.54, 1.807) is 12.1 Å². The number of carbonyl (C=O) groups excluding carboxylic acids is 1. The van der Waals surface area contributed by atoms with Crippen LogP contribution in [0.4, 0.5) is 0 Å². The second kappa shape index (κ2) is 6.01. The van der Waals surface area contributed by atoms with Crippen LogP contribution >= 0.6 is 0 Å². The molecule has 2 heterocycles. The Morgan fingerprint density at radius 2 is 2.38 bits per heavy atom. The number of hydrogen-bond acceptors (Lipinski definition) is 5. The Kier molecular flexibility index (Phi) is 3.92. The van der Waals surface area contributed by atoms with Crippen LogP contribution in [-0.4, -0.2) is 57.6 Å². The quantitative estimate of drug-likeness (QED) is 0.867. The number of amides is 1. The molecule has 21 heavy (non-hydrogen) atoms. The van der Waals surface area contributed by atoms with Gasteiger partial charge in [-0.3, -0.25) is 4.79 Å². The number of H-pyrrole nitrogens is 1. The molecule has 0 saturated carbocycles. The predicted octanol–water partition coefficient (Wildman–Crippen LogP) is 0.691. The van der Waals surface area contributed by atoms with E-state index in [9.17, 15) is 4.79 Å². The molecule has 1 fully saturated rings. The number of nitrogens with zero attached hydrogens (tertiary/aromatic N) is 4. The zero-order valence-corrected chi connectivity index (χ0v) is 11.9. The number of likely N-dealkylation sites (N-methyl/N-ethyl adjacent to an activating group) is 1. The summed E-state index contributed by atoms with van der Waals surface area (Å²) >= 11 is 0. The Balaban J connectivity index is 1.71. The minimum Gasteiger partial charge on any atom is -0.348 e. The lowest BCUT2D eigenvalue weighted by Crippen LogP contribution is -2.46. The van der Waals surface area contributed by atoms with Gasteiger partial charge >= 0.3 is 0 Å². The van der Waals surface area contributed by atoms with Crippen LogP contribution in [0.15, 0.2) is 24.3 Å². The average Bonchev–Trinajstić information content (AvgIpc) is 3.02. The molecule has 1 saturated heterocycles. The van der Waals surface area contributed by atoms with Crippen molar-refractivity contribution in [2.45, 2.75) is 18.9 Å². The molecular weight excluding hydrogens is 268 g/mol. The van der Waals surface area contributed by atoms with Gasteiger partial charge in [0.25, 0.3) is 5.91 Å². The number of nitrogens with one attached hydrogen (secondary N) is 2. The fourth-order valence-corrected chi connectivity index (χ4v) is 2.64. The SMILES string of the molecule is CN1CCC[C@@H](NC(=O)c2cccc(-c3nn[nH]n3)c2)C1. The van der Waals surface area contributed by atoms with Crippen molar-refractivity contribution in [1.29, 1.82) is 0 Å². The maximum Gasteiger partial charge on any atom is 0.251 e. The predicted molar refractivity (Wildman–Crippen MR) is 77.6 cm³/mol. The fourth-order valence-electron chi connectivity index (χ4n) is 2.64. The molecular formula is C14H18N6O. The summed E-state index contributed by atoms with van der Waals surface area (Å²) in [6.45, 7) is 2.00. The van der Waals surface area contributed by atoms with Gasteiger partial charge in [0.1, 0.15) is 0 Å². The standard InChI is InChI=1S/C14H18N6O/c1-20-7-3-6-12(9-20)15-14(21)11-5-2-4-10(8-11)13-16-18-19-17-13/h2,4-5,8,12H,3,6-7,9H2,1H3,(H,15,21)(H,16,17,18,19)/t12-/m1/s1. The van der Waals surface area contributed by atoms with Crippen molar-refractivity contribution < 1.29 is 4.79 Å². The molecule has 0 spiro atoms. The van der Waals surface area contributed by atoms with Crippen LogP contribution in [0.3, 0.4) is 0 Å². The van der Waals surface area contributed by atoms with E-state index in [-0.39, 0.29) is 11.9 Å². The van der Waals surface area contributed by atoms with Crippen LogP contribution < -0.4 is 5.32 Å². The molecule has 0 bridgehead atoms. The molecule has 1 aromatic heterocycles. The number of benzene rings is 1. The van der Waals surface area contributed by atoms with E-state index in [0.29, 0.717) is 11.4 Å². The summed E-state index contributed by atoms with van der Waals surface area (Å²) in [6, 6.07) is 7.48. The van der Waals surface area contributed by atoms with E-state index in [2.05, 4.69) is 37.9 Å². The third-order valence-electron chi connectivity index (χ3n) is 3.69. The number of rotatable bonds is 3. The van der Waals surface area contributed by atoms with Gasteiger partial charge in [-0.2, -0.15) is 5.21 Å². The zero-order chi connectivity index (χ0) is 14.7. The maximum atomic E-state index is 12.3. The van der Waals surface area contributed by atoms with Crippen LogP contribution in [0, 0.1) is 0 Å². The van der Waals surface area contributed by atoms with Crippen molar-refractivity contribution in [3.8, 4) is 11.4 Å². The van der Waals surface area contributed by atoms with E-state index < -0.39 is 0 Å². The minimum atomic E-state index is -0.0550. The molecule has 1 aliphatic heterocycles. The van der Waals surface area contributed by atoms with E-state index in [4.69, 9.17) is 0 Å². The van der Waals surface area contributed by atoms with Crippen molar-refractivity contribution in [3.63, 3.8) is 0 Å². The summed E-state index contributed by atoms with van der Waals surface area (Å²) < 4.78 is 0. The first-order valence-corrected chi connectivity index (χ1v) is 7.05. The number of hydrogen-bond donors (Lipinski definition) is 2. The second-order valence-electron chi connectivity index (χ2n) is 5.39. The molecule has 0 radical (unpaired) electrons. The third-order valence-corrected chi connectivity index (χ3v) is 3.69. The third kappa shape index (κ3) is 3.25. The molecule has 7 nitrogen and oxygen atoms in total. The first kappa shape index (κ1) is 13.7. The number of tetrazole rings is 1. The van der Waals surface area contributed by atoms with Crippen molar-refractivity contribution >= 4 is 5.91 Å². The Bertz CT molecular complexity index is 612. The van der Waals surface area contributed by atoms with Crippen LogP contribution in [-0.2, 0) is 0 Å². The molecule has 1 aliphatic rings. The van der Waals surface area contributed by atoms with E-state index in [1.165, 1.54) is 0 Å². The molecule has 2 aromatic rings. The molecule has 2 N–H and O–H groups in total. The van der Waals surface area contributed by atoms with Crippen LogP contribution in [0.2, 0.25) is 0 Å². The van der Waals surface area contributed by atoms with Crippen LogP contribution in [0.1, 0.15) is 23.2 Å². The summed E-state index contributed by atoms with van der Waals surface area (Å²) in [4.78, 5) is 14.6. The minimum absolute atomic E-state index is 0.0550. The highest BCUT2D eigenvalue weighted by molar-refractivity contribution is 5.95. The lowest BCUT2D eigenvalue weighted by molar-refractivity contribution is 0.0912. The van der Waals surface area contributed by atoms with Gasteiger partial charge in [0, 0.05) is 23.7 Å². The molecule has 110 valence electrons. The highest BCUT2D eigenvalue weighted by Gasteiger charge is 2.19. The topological polar surface area (TPSA) is 86.8 Å². The number of likely N-dealkylation sites (tertiary alicyclic amines) is 1. The first-order chi connectivity index (χ1) is 10.2. The van der Waals surface area contributed by atoms with Gasteiger partial charge in [-0.15, -0.1) is 10.2 Å². The monoisotopic (exact) mass is 286 g/mol. The van der Waals surface area contributed by atoms with Gasteiger partial charge < -0.3 is 10.2 Å². The van der Waals surface area contributed by atoms with E-state index in [0.717, 1.165) is 31.5 Å². The number of aromatic nitrogens is 4. The molecule has 0 unspecified atom stereocenters. The van der Waals surface area contributed by atoms with Crippen molar-refractivity contribution in [1.82, 2.24) is 30.8 Å². The van der Waals surface area contributed by atoms with E-state index in [1.807, 2.05) is 12.1 Å². The lowest BCUT2D eigenvalue weighted by Gasteiger charge is -2.30. The summed E-state index contributed by atoms with van der Waals surface area (Å²) in [7, 11) is 2.08. The number of carbonyl (C=O) groups is 1. The highest BCUT2D eigenvalue weighted by Crippen LogP contribution is 2.15. The van der Waals surface area contributed by atoms with Gasteiger partial charge in [0.2, 0.25) is 5.82 Å². The van der Waals surface area contributed by atoms with Crippen molar-refractivity contribution in [2.24, 2.45) is 0 Å². The smallest absolute Gasteiger partial charge is 0.251 e. The van der Waals surface area contributed by atoms with Gasteiger partial charge in [0.15, 0.2) is 0 Å². The highest BCUT2D eigenvalue weighted by atomic mass is 16.1. The first-order valence-electron chi connectivity index (χ1n) is 7.05. The summed E-state index contributed by atoms with van der Waals surface area (Å²) in [5.74, 6) is 0.433. The van der Waals surface area contributed by atoms with Crippen LogP contribution in [0.5, 0.6) is 0 Å². The van der Waals surface area contributed by atoms with Gasteiger partial charge in [-0.05, 0) is 43.8 Å². The maximum absolute atomic E-state index is 12.3. The summed E-state index contributed by atoms with van der Waals surface area (Å²) in [5, 5.41) is 16.9. The molecule has 1 amide bonds. The number of aromatic amines is 1. The lowest BCUT2D eigenvalue weighted by atomic mass is 10.0. The zero-order valence-electron chi connectivity index (χ0n) is 11.9. The Morgan fingerprint density at radius 1 is 1.48 bits per heavy atom. The molecule has 0 aliphatic carbocycles. The largest absolute Gasteiger partial charge is 0.348 e. The normalized spacial score (nSPS) is 19.4. The van der Waals surface area contributed by atoms with Crippen molar-refractivity contribution in [3.05, 3.63) is 29.8 Å². The van der Waals surface area contributed by atoms with Crippen molar-refractivity contribution in [2.75, 3.05) is 20.1 Å². The van der Waals surface area contributed by atoms with Gasteiger partial charge in [-0.25, -0.2) is 0 Å². The molecule has 1 atom stereocenters. The molecule has 7 heteroatoms. The molecule has 3 rings (SSSR count). The van der Waals surface area contributed by atoms with Gasteiger partial charge in [0.05, 0.1) is 0 Å². The van der Waals surface area contributed by atoms with Crippen LogP contribution in [0.25, 0.3) is 11.4 Å². The summed E-state index contributed by atoms with van der Waals surface area (Å²) in [6.07, 6.45) is 2.14. The molecule has 1 aromatic carbocycles. The summed E-state index contributed by atoms with van der Waals surface area (Å²) in [5.41, 5.74) is 1.39. The Labute approximate surface area is 122 Å². The number of piperidine rings is 1. The Morgan fingerprint density at radius 3 is 3.14 bits per heavy atom. The second-order valence-corrected chi connectivity index (χ2v) is 5.39. The Hall–Kier alpha value is -2.28. The fraction of sp³-hybridized carbons (Fsp3) is 0.429. The van der Waals surface area contributed by atoms with E-state index >= 15 is 0 Å².